The number of phenolic OH excluding ortho intramolecular Hbond substituents is 1. The molecule has 0 saturated carbocycles. The lowest BCUT2D eigenvalue weighted by Gasteiger charge is -2.21. The van der Waals surface area contributed by atoms with E-state index in [0.29, 0.717) is 5.75 Å². The fraction of sp³-hybridized carbons (Fsp3) is 0.273. The van der Waals surface area contributed by atoms with Gasteiger partial charge in [-0.1, -0.05) is 18.2 Å². The Morgan fingerprint density at radius 2 is 2.15 bits per heavy atom. The van der Waals surface area contributed by atoms with Crippen LogP contribution in [0.3, 0.4) is 0 Å². The largest absolute Gasteiger partial charge is 0.508 e. The minimum atomic E-state index is -0.529. The first-order valence-corrected chi connectivity index (χ1v) is 4.20. The van der Waals surface area contributed by atoms with E-state index < -0.39 is 5.54 Å². The SMILES string of the molecule is C=CC(C)(N)c1ccc(O)c(C)c1. The zero-order chi connectivity index (χ0) is 10.1. The van der Waals surface area contributed by atoms with Crippen LogP contribution in [-0.4, -0.2) is 5.11 Å². The van der Waals surface area contributed by atoms with E-state index in [2.05, 4.69) is 6.58 Å². The van der Waals surface area contributed by atoms with Gasteiger partial charge < -0.3 is 10.8 Å². The molecule has 2 nitrogen and oxygen atoms in total. The molecule has 1 atom stereocenters. The van der Waals surface area contributed by atoms with Gasteiger partial charge in [0.25, 0.3) is 0 Å². The standard InChI is InChI=1S/C11H15NO/c1-4-11(3,12)9-5-6-10(13)8(2)7-9/h4-7,13H,1,12H2,2-3H3. The van der Waals surface area contributed by atoms with Gasteiger partial charge in [0.05, 0.1) is 5.54 Å². The average molecular weight is 177 g/mol. The number of rotatable bonds is 2. The van der Waals surface area contributed by atoms with E-state index in [0.717, 1.165) is 11.1 Å². The van der Waals surface area contributed by atoms with Gasteiger partial charge in [-0.05, 0) is 31.0 Å². The summed E-state index contributed by atoms with van der Waals surface area (Å²) in [5.41, 5.74) is 7.21. The number of hydrogen-bond donors (Lipinski definition) is 2. The van der Waals surface area contributed by atoms with Crippen LogP contribution in [0.15, 0.2) is 30.9 Å². The molecule has 0 fully saturated rings. The van der Waals surface area contributed by atoms with Gasteiger partial charge in [0, 0.05) is 0 Å². The van der Waals surface area contributed by atoms with Crippen LogP contribution >= 0.6 is 0 Å². The molecule has 1 aromatic rings. The van der Waals surface area contributed by atoms with E-state index in [1.54, 1.807) is 12.1 Å². The number of phenols is 1. The quantitative estimate of drug-likeness (QED) is 0.679. The van der Waals surface area contributed by atoms with E-state index in [1.165, 1.54) is 0 Å². The smallest absolute Gasteiger partial charge is 0.118 e. The second-order valence-electron chi connectivity index (χ2n) is 3.49. The molecule has 0 aromatic heterocycles. The van der Waals surface area contributed by atoms with Crippen LogP contribution < -0.4 is 5.73 Å². The maximum atomic E-state index is 9.32. The van der Waals surface area contributed by atoms with Crippen LogP contribution in [0.2, 0.25) is 0 Å². The highest BCUT2D eigenvalue weighted by Gasteiger charge is 2.16. The van der Waals surface area contributed by atoms with Crippen LogP contribution in [0.25, 0.3) is 0 Å². The Bertz CT molecular complexity index is 329. The molecule has 2 heteroatoms. The maximum absolute atomic E-state index is 9.32. The zero-order valence-electron chi connectivity index (χ0n) is 8.04. The molecule has 0 bridgehead atoms. The van der Waals surface area contributed by atoms with Gasteiger partial charge >= 0.3 is 0 Å². The number of nitrogens with two attached hydrogens (primary N) is 1. The predicted octanol–water partition coefficient (Wildman–Crippen LogP) is 2.06. The van der Waals surface area contributed by atoms with Gasteiger partial charge in [0.2, 0.25) is 0 Å². The van der Waals surface area contributed by atoms with Crippen molar-refractivity contribution in [3.8, 4) is 5.75 Å². The summed E-state index contributed by atoms with van der Waals surface area (Å²) in [7, 11) is 0. The summed E-state index contributed by atoms with van der Waals surface area (Å²) >= 11 is 0. The highest BCUT2D eigenvalue weighted by molar-refractivity contribution is 5.39. The topological polar surface area (TPSA) is 46.2 Å². The van der Waals surface area contributed by atoms with Crippen LogP contribution in [0, 0.1) is 6.92 Å². The number of hydrogen-bond acceptors (Lipinski definition) is 2. The van der Waals surface area contributed by atoms with Crippen LogP contribution in [-0.2, 0) is 5.54 Å². The zero-order valence-corrected chi connectivity index (χ0v) is 8.04. The summed E-state index contributed by atoms with van der Waals surface area (Å²) in [6, 6.07) is 5.33. The molecule has 0 heterocycles. The lowest BCUT2D eigenvalue weighted by Crippen LogP contribution is -2.29. The molecule has 0 amide bonds. The van der Waals surface area contributed by atoms with Gasteiger partial charge in [0.15, 0.2) is 0 Å². The molecule has 3 N–H and O–H groups in total. The third-order valence-electron chi connectivity index (χ3n) is 2.24. The molecule has 70 valence electrons. The van der Waals surface area contributed by atoms with Gasteiger partial charge in [-0.3, -0.25) is 0 Å². The van der Waals surface area contributed by atoms with E-state index >= 15 is 0 Å². The minimum absolute atomic E-state index is 0.295. The van der Waals surface area contributed by atoms with Gasteiger partial charge in [-0.25, -0.2) is 0 Å². The van der Waals surface area contributed by atoms with Crippen molar-refractivity contribution in [2.75, 3.05) is 0 Å². The monoisotopic (exact) mass is 177 g/mol. The first kappa shape index (κ1) is 9.81. The summed E-state index contributed by atoms with van der Waals surface area (Å²) in [6.45, 7) is 7.40. The Labute approximate surface area is 78.7 Å². The Balaban J connectivity index is 3.18. The maximum Gasteiger partial charge on any atom is 0.118 e. The van der Waals surface area contributed by atoms with Gasteiger partial charge in [-0.2, -0.15) is 0 Å². The number of aromatic hydroxyl groups is 1. The van der Waals surface area contributed by atoms with Crippen LogP contribution in [0.1, 0.15) is 18.1 Å². The minimum Gasteiger partial charge on any atom is -0.508 e. The number of benzene rings is 1. The molecule has 0 saturated heterocycles. The Morgan fingerprint density at radius 1 is 1.54 bits per heavy atom. The third-order valence-corrected chi connectivity index (χ3v) is 2.24. The highest BCUT2D eigenvalue weighted by Crippen LogP contribution is 2.24. The van der Waals surface area contributed by atoms with Crippen molar-refractivity contribution >= 4 is 0 Å². The van der Waals surface area contributed by atoms with Crippen molar-refractivity contribution in [3.05, 3.63) is 42.0 Å². The van der Waals surface area contributed by atoms with Crippen molar-refractivity contribution in [1.29, 1.82) is 0 Å². The molecule has 13 heavy (non-hydrogen) atoms. The van der Waals surface area contributed by atoms with Crippen LogP contribution in [0.5, 0.6) is 5.75 Å². The Kier molecular flexibility index (Phi) is 2.43. The lowest BCUT2D eigenvalue weighted by atomic mass is 9.92. The van der Waals surface area contributed by atoms with E-state index in [-0.39, 0.29) is 0 Å². The average Bonchev–Trinajstić information content (AvgIpc) is 2.09. The molecule has 1 rings (SSSR count). The predicted molar refractivity (Wildman–Crippen MR) is 54.6 cm³/mol. The Hall–Kier alpha value is -1.28. The van der Waals surface area contributed by atoms with Crippen molar-refractivity contribution in [2.45, 2.75) is 19.4 Å². The summed E-state index contributed by atoms with van der Waals surface area (Å²) in [4.78, 5) is 0. The summed E-state index contributed by atoms with van der Waals surface area (Å²) in [6.07, 6.45) is 1.69. The molecule has 1 unspecified atom stereocenters. The molecule has 1 aromatic carbocycles. The highest BCUT2D eigenvalue weighted by atomic mass is 16.3. The fourth-order valence-corrected chi connectivity index (χ4v) is 1.11. The normalized spacial score (nSPS) is 15.0. The Morgan fingerprint density at radius 3 is 2.62 bits per heavy atom. The molecular formula is C11H15NO. The fourth-order valence-electron chi connectivity index (χ4n) is 1.11. The molecule has 0 spiro atoms. The van der Waals surface area contributed by atoms with Crippen molar-refractivity contribution in [1.82, 2.24) is 0 Å². The second kappa shape index (κ2) is 3.23. The van der Waals surface area contributed by atoms with E-state index in [9.17, 15) is 5.11 Å². The number of aryl methyl sites for hydroxylation is 1. The second-order valence-corrected chi connectivity index (χ2v) is 3.49. The van der Waals surface area contributed by atoms with Crippen LogP contribution in [0.4, 0.5) is 0 Å². The summed E-state index contributed by atoms with van der Waals surface area (Å²) in [5.74, 6) is 0.295. The molecule has 0 aliphatic rings. The summed E-state index contributed by atoms with van der Waals surface area (Å²) < 4.78 is 0. The van der Waals surface area contributed by atoms with E-state index in [1.807, 2.05) is 26.0 Å². The molecular weight excluding hydrogens is 162 g/mol. The van der Waals surface area contributed by atoms with Crippen molar-refractivity contribution < 1.29 is 5.11 Å². The van der Waals surface area contributed by atoms with Gasteiger partial charge in [0.1, 0.15) is 5.75 Å². The molecule has 0 aliphatic carbocycles. The molecule has 0 aliphatic heterocycles. The third kappa shape index (κ3) is 1.90. The van der Waals surface area contributed by atoms with Crippen molar-refractivity contribution in [3.63, 3.8) is 0 Å². The molecule has 0 radical (unpaired) electrons. The lowest BCUT2D eigenvalue weighted by molar-refractivity contribution is 0.470. The van der Waals surface area contributed by atoms with Crippen molar-refractivity contribution in [2.24, 2.45) is 5.73 Å². The van der Waals surface area contributed by atoms with E-state index in [4.69, 9.17) is 5.73 Å². The first-order chi connectivity index (χ1) is 5.97. The summed E-state index contributed by atoms with van der Waals surface area (Å²) in [5, 5.41) is 9.32. The first-order valence-electron chi connectivity index (χ1n) is 4.20. The van der Waals surface area contributed by atoms with Gasteiger partial charge in [-0.15, -0.1) is 6.58 Å².